The van der Waals surface area contributed by atoms with Gasteiger partial charge in [0.25, 0.3) is 11.6 Å². The number of carbonyl (C=O) groups excluding carboxylic acids is 1. The molecule has 0 aliphatic carbocycles. The highest BCUT2D eigenvalue weighted by Gasteiger charge is 2.18. The number of thiophene rings is 1. The molecule has 0 aliphatic rings. The minimum Gasteiger partial charge on any atom is -0.319 e. The van der Waals surface area contributed by atoms with E-state index in [9.17, 15) is 14.9 Å². The summed E-state index contributed by atoms with van der Waals surface area (Å²) in [4.78, 5) is 23.7. The Morgan fingerprint density at radius 3 is 2.58 bits per heavy atom. The van der Waals surface area contributed by atoms with E-state index in [4.69, 9.17) is 0 Å². The van der Waals surface area contributed by atoms with E-state index in [2.05, 4.69) is 47.4 Å². The average Bonchev–Trinajstić information content (AvgIpc) is 3.20. The monoisotopic (exact) mass is 470 g/mol. The maximum absolute atomic E-state index is 12.4. The van der Waals surface area contributed by atoms with Crippen LogP contribution in [0.1, 0.15) is 10.5 Å². The molecule has 1 aromatic carbocycles. The van der Waals surface area contributed by atoms with Crippen molar-refractivity contribution in [3.8, 4) is 10.6 Å². The minimum absolute atomic E-state index is 0.0912. The van der Waals surface area contributed by atoms with Gasteiger partial charge in [0.1, 0.15) is 0 Å². The fraction of sp³-hybridized carbons (Fsp3) is 0. The standard InChI is InChI=1S/C14H8Br2N4O3S/c15-8-4-7(20(22)23)5-9(16)13(8)17-14(21)11-6-10(18-19-11)12-2-1-3-24-12/h1-6H,(H,17,21)(H,18,19). The lowest BCUT2D eigenvalue weighted by molar-refractivity contribution is -0.385. The van der Waals surface area contributed by atoms with Gasteiger partial charge >= 0.3 is 0 Å². The van der Waals surface area contributed by atoms with Gasteiger partial charge in [-0.1, -0.05) is 6.07 Å². The summed E-state index contributed by atoms with van der Waals surface area (Å²) >= 11 is 7.99. The van der Waals surface area contributed by atoms with Gasteiger partial charge in [-0.2, -0.15) is 5.10 Å². The Kier molecular flexibility index (Phi) is 4.78. The number of nitrogens with one attached hydrogen (secondary N) is 2. The van der Waals surface area contributed by atoms with Gasteiger partial charge in [0, 0.05) is 21.1 Å². The van der Waals surface area contributed by atoms with Gasteiger partial charge in [-0.25, -0.2) is 0 Å². The number of benzene rings is 1. The van der Waals surface area contributed by atoms with E-state index in [1.165, 1.54) is 23.5 Å². The third kappa shape index (κ3) is 3.40. The van der Waals surface area contributed by atoms with Crippen molar-refractivity contribution in [1.82, 2.24) is 10.2 Å². The zero-order valence-electron chi connectivity index (χ0n) is 11.7. The molecule has 0 fully saturated rings. The molecular formula is C14H8Br2N4O3S. The third-order valence-corrected chi connectivity index (χ3v) is 5.23. The van der Waals surface area contributed by atoms with Crippen molar-refractivity contribution in [2.24, 2.45) is 0 Å². The van der Waals surface area contributed by atoms with Gasteiger partial charge in [0.2, 0.25) is 0 Å². The molecule has 122 valence electrons. The fourth-order valence-corrected chi connectivity index (χ4v) is 4.01. The summed E-state index contributed by atoms with van der Waals surface area (Å²) in [6, 6.07) is 8.12. The van der Waals surface area contributed by atoms with Crippen LogP contribution in [0.3, 0.4) is 0 Å². The SMILES string of the molecule is O=C(Nc1c(Br)cc([N+](=O)[O-])cc1Br)c1cc(-c2cccs2)[nH]n1. The number of nitrogens with zero attached hydrogens (tertiary/aromatic N) is 2. The molecule has 3 aromatic rings. The topological polar surface area (TPSA) is 101 Å². The third-order valence-electron chi connectivity index (χ3n) is 3.07. The van der Waals surface area contributed by atoms with Gasteiger partial charge in [-0.3, -0.25) is 20.0 Å². The Morgan fingerprint density at radius 1 is 1.29 bits per heavy atom. The number of aromatic amines is 1. The molecule has 2 N–H and O–H groups in total. The summed E-state index contributed by atoms with van der Waals surface area (Å²) < 4.78 is 0.789. The first-order chi connectivity index (χ1) is 11.5. The highest BCUT2D eigenvalue weighted by molar-refractivity contribution is 9.11. The van der Waals surface area contributed by atoms with Crippen LogP contribution in [-0.4, -0.2) is 21.0 Å². The van der Waals surface area contributed by atoms with E-state index >= 15 is 0 Å². The van der Waals surface area contributed by atoms with E-state index in [0.717, 1.165) is 10.6 Å². The lowest BCUT2D eigenvalue weighted by Crippen LogP contribution is -2.13. The van der Waals surface area contributed by atoms with Crippen molar-refractivity contribution in [2.45, 2.75) is 0 Å². The molecule has 10 heteroatoms. The van der Waals surface area contributed by atoms with E-state index in [0.29, 0.717) is 14.6 Å². The second-order valence-electron chi connectivity index (χ2n) is 4.64. The van der Waals surface area contributed by atoms with Gasteiger partial charge in [-0.05, 0) is 49.4 Å². The molecule has 0 saturated heterocycles. The lowest BCUT2D eigenvalue weighted by Gasteiger charge is -2.08. The number of hydrogen-bond acceptors (Lipinski definition) is 5. The van der Waals surface area contributed by atoms with E-state index < -0.39 is 10.8 Å². The minimum atomic E-state index is -0.512. The molecule has 0 radical (unpaired) electrons. The number of H-pyrrole nitrogens is 1. The predicted octanol–water partition coefficient (Wildman–Crippen LogP) is 4.82. The summed E-state index contributed by atoms with van der Waals surface area (Å²) in [6.07, 6.45) is 0. The fourth-order valence-electron chi connectivity index (χ4n) is 1.96. The first kappa shape index (κ1) is 16.8. The average molecular weight is 472 g/mol. The van der Waals surface area contributed by atoms with Crippen LogP contribution >= 0.6 is 43.2 Å². The van der Waals surface area contributed by atoms with Crippen LogP contribution in [0.2, 0.25) is 0 Å². The number of rotatable bonds is 4. The summed E-state index contributed by atoms with van der Waals surface area (Å²) in [7, 11) is 0. The van der Waals surface area contributed by atoms with E-state index in [1.807, 2.05) is 17.5 Å². The number of nitro benzene ring substituents is 1. The number of aromatic nitrogens is 2. The largest absolute Gasteiger partial charge is 0.319 e. The molecule has 2 aromatic heterocycles. The molecule has 2 heterocycles. The first-order valence-corrected chi connectivity index (χ1v) is 8.96. The maximum atomic E-state index is 12.4. The molecule has 0 atom stereocenters. The van der Waals surface area contributed by atoms with Crippen LogP contribution in [0.5, 0.6) is 0 Å². The van der Waals surface area contributed by atoms with Crippen molar-refractivity contribution < 1.29 is 9.72 Å². The smallest absolute Gasteiger partial charge is 0.276 e. The second kappa shape index (κ2) is 6.83. The lowest BCUT2D eigenvalue weighted by atomic mass is 10.2. The zero-order valence-corrected chi connectivity index (χ0v) is 15.7. The highest BCUT2D eigenvalue weighted by Crippen LogP contribution is 2.35. The molecular weight excluding hydrogens is 464 g/mol. The van der Waals surface area contributed by atoms with Gasteiger partial charge in [0.15, 0.2) is 5.69 Å². The van der Waals surface area contributed by atoms with Gasteiger partial charge in [-0.15, -0.1) is 11.3 Å². The summed E-state index contributed by atoms with van der Waals surface area (Å²) in [5.41, 5.74) is 1.27. The Morgan fingerprint density at radius 2 is 2.00 bits per heavy atom. The van der Waals surface area contributed by atoms with Crippen LogP contribution in [0, 0.1) is 10.1 Å². The summed E-state index contributed by atoms with van der Waals surface area (Å²) in [5, 5.41) is 22.3. The van der Waals surface area contributed by atoms with Crippen molar-refractivity contribution in [2.75, 3.05) is 5.32 Å². The first-order valence-electron chi connectivity index (χ1n) is 6.50. The van der Waals surface area contributed by atoms with Crippen molar-refractivity contribution in [1.29, 1.82) is 0 Å². The predicted molar refractivity (Wildman–Crippen MR) is 98.4 cm³/mol. The molecule has 24 heavy (non-hydrogen) atoms. The van der Waals surface area contributed by atoms with Gasteiger partial charge in [0.05, 0.1) is 21.2 Å². The van der Waals surface area contributed by atoms with Crippen LogP contribution < -0.4 is 5.32 Å². The second-order valence-corrected chi connectivity index (χ2v) is 7.30. The number of nitro groups is 1. The number of amides is 1. The molecule has 0 unspecified atom stereocenters. The van der Waals surface area contributed by atoms with Crippen LogP contribution in [-0.2, 0) is 0 Å². The molecule has 0 saturated carbocycles. The number of non-ortho nitro benzene ring substituents is 1. The van der Waals surface area contributed by atoms with Crippen LogP contribution in [0.4, 0.5) is 11.4 Å². The van der Waals surface area contributed by atoms with Crippen LogP contribution in [0.25, 0.3) is 10.6 Å². The summed E-state index contributed by atoms with van der Waals surface area (Å²) in [6.45, 7) is 0. The Bertz CT molecular complexity index is 901. The van der Waals surface area contributed by atoms with Crippen molar-refractivity contribution in [3.05, 3.63) is 60.5 Å². The number of hydrogen-bond donors (Lipinski definition) is 2. The van der Waals surface area contributed by atoms with Crippen molar-refractivity contribution >= 4 is 60.5 Å². The highest BCUT2D eigenvalue weighted by atomic mass is 79.9. The number of halogens is 2. The maximum Gasteiger partial charge on any atom is 0.276 e. The zero-order chi connectivity index (χ0) is 17.3. The van der Waals surface area contributed by atoms with Crippen LogP contribution in [0.15, 0.2) is 44.7 Å². The Labute approximate surface area is 156 Å². The molecule has 0 spiro atoms. The molecule has 0 bridgehead atoms. The molecule has 1 amide bonds. The Hall–Kier alpha value is -2.04. The molecule has 3 rings (SSSR count). The molecule has 7 nitrogen and oxygen atoms in total. The van der Waals surface area contributed by atoms with Crippen molar-refractivity contribution in [3.63, 3.8) is 0 Å². The number of carbonyl (C=O) groups is 1. The Balaban J connectivity index is 1.84. The van der Waals surface area contributed by atoms with E-state index in [1.54, 1.807) is 6.07 Å². The quantitative estimate of drug-likeness (QED) is 0.420. The summed E-state index contributed by atoms with van der Waals surface area (Å²) in [5.74, 6) is -0.427. The van der Waals surface area contributed by atoms with E-state index in [-0.39, 0.29) is 11.4 Å². The molecule has 0 aliphatic heterocycles. The normalized spacial score (nSPS) is 10.6. The van der Waals surface area contributed by atoms with Gasteiger partial charge < -0.3 is 5.32 Å². The number of anilines is 1.